The Morgan fingerprint density at radius 3 is 2.72 bits per heavy atom. The van der Waals surface area contributed by atoms with E-state index < -0.39 is 0 Å². The van der Waals surface area contributed by atoms with Gasteiger partial charge in [-0.15, -0.1) is 0 Å². The Morgan fingerprint density at radius 2 is 2.04 bits per heavy atom. The zero-order chi connectivity index (χ0) is 17.4. The Balaban J connectivity index is 1.71. The third-order valence-corrected chi connectivity index (χ3v) is 4.35. The summed E-state index contributed by atoms with van der Waals surface area (Å²) in [7, 11) is 2.02. The van der Waals surface area contributed by atoms with Gasteiger partial charge in [-0.3, -0.25) is 4.79 Å². The lowest BCUT2D eigenvalue weighted by atomic mass is 10.1. The van der Waals surface area contributed by atoms with Crippen LogP contribution in [0.1, 0.15) is 15.9 Å². The average molecular weight is 332 g/mol. The summed E-state index contributed by atoms with van der Waals surface area (Å²) in [6.07, 6.45) is 1.46. The van der Waals surface area contributed by atoms with Crippen LogP contribution in [0.25, 0.3) is 16.9 Å². The summed E-state index contributed by atoms with van der Waals surface area (Å²) < 4.78 is 1.69. The molecule has 7 nitrogen and oxygen atoms in total. The predicted octanol–water partition coefficient (Wildman–Crippen LogP) is 1.31. The Morgan fingerprint density at radius 1 is 1.28 bits per heavy atom. The van der Waals surface area contributed by atoms with Gasteiger partial charge in [-0.2, -0.15) is 10.4 Å². The number of rotatable bonds is 3. The smallest absolute Gasteiger partial charge is 0.251 e. The van der Waals surface area contributed by atoms with Gasteiger partial charge >= 0.3 is 0 Å². The summed E-state index contributed by atoms with van der Waals surface area (Å²) in [5.41, 5.74) is 3.37. The number of fused-ring (bicyclic) bond motifs is 1. The van der Waals surface area contributed by atoms with E-state index >= 15 is 0 Å². The molecular weight excluding hydrogens is 316 g/mol. The molecule has 25 heavy (non-hydrogen) atoms. The van der Waals surface area contributed by atoms with Gasteiger partial charge in [0.05, 0.1) is 23.4 Å². The number of benzene rings is 1. The number of aromatic nitrogens is 3. The molecule has 0 radical (unpaired) electrons. The molecule has 0 unspecified atom stereocenters. The Hall–Kier alpha value is -3.24. The van der Waals surface area contributed by atoms with Crippen molar-refractivity contribution in [3.63, 3.8) is 0 Å². The van der Waals surface area contributed by atoms with Crippen LogP contribution in [0, 0.1) is 11.3 Å². The number of amides is 1. The van der Waals surface area contributed by atoms with Crippen LogP contribution in [-0.4, -0.2) is 51.6 Å². The van der Waals surface area contributed by atoms with E-state index in [1.54, 1.807) is 28.8 Å². The first kappa shape index (κ1) is 15.3. The van der Waals surface area contributed by atoms with Gasteiger partial charge in [0.1, 0.15) is 6.33 Å². The highest BCUT2D eigenvalue weighted by atomic mass is 16.1. The lowest BCUT2D eigenvalue weighted by molar-refractivity contribution is 0.0858. The van der Waals surface area contributed by atoms with Crippen LogP contribution in [0.4, 0.5) is 0 Å². The zero-order valence-electron chi connectivity index (χ0n) is 13.7. The monoisotopic (exact) mass is 332 g/mol. The van der Waals surface area contributed by atoms with Crippen molar-refractivity contribution in [1.82, 2.24) is 24.8 Å². The first-order valence-electron chi connectivity index (χ1n) is 7.98. The number of pyridine rings is 1. The van der Waals surface area contributed by atoms with Gasteiger partial charge in [-0.1, -0.05) is 12.1 Å². The van der Waals surface area contributed by atoms with Crippen molar-refractivity contribution < 1.29 is 4.79 Å². The molecule has 1 aliphatic heterocycles. The van der Waals surface area contributed by atoms with Crippen molar-refractivity contribution in [3.8, 4) is 17.3 Å². The summed E-state index contributed by atoms with van der Waals surface area (Å²) in [5, 5.41) is 16.2. The highest BCUT2D eigenvalue weighted by molar-refractivity contribution is 5.96. The molecule has 0 aliphatic carbocycles. The van der Waals surface area contributed by atoms with Crippen molar-refractivity contribution in [1.29, 1.82) is 5.26 Å². The molecule has 1 saturated heterocycles. The second-order valence-electron chi connectivity index (χ2n) is 6.24. The number of carbonyl (C=O) groups is 1. The van der Waals surface area contributed by atoms with Crippen LogP contribution < -0.4 is 5.32 Å². The van der Waals surface area contributed by atoms with E-state index in [0.717, 1.165) is 24.3 Å². The van der Waals surface area contributed by atoms with Gasteiger partial charge < -0.3 is 10.2 Å². The maximum absolute atomic E-state index is 12.6. The van der Waals surface area contributed by atoms with Crippen LogP contribution in [-0.2, 0) is 0 Å². The van der Waals surface area contributed by atoms with Gasteiger partial charge in [0.2, 0.25) is 0 Å². The molecule has 0 spiro atoms. The summed E-state index contributed by atoms with van der Waals surface area (Å²) in [5.74, 6) is -0.113. The molecule has 1 fully saturated rings. The SMILES string of the molecule is CN1CC(NC(=O)c2cc(-c3ccc(C#N)cc3)n3ncnc3c2)C1. The quantitative estimate of drug-likeness (QED) is 0.781. The number of nitriles is 1. The minimum absolute atomic E-state index is 0.113. The standard InChI is InChI=1S/C18H16N6O/c1-23-9-15(10-23)22-18(25)14-6-16(24-17(7-14)20-11-21-24)13-4-2-12(8-19)3-5-13/h2-7,11,15H,9-10H2,1H3,(H,22,25). The molecule has 124 valence electrons. The number of likely N-dealkylation sites (tertiary alicyclic amines) is 1. The average Bonchev–Trinajstić information content (AvgIpc) is 3.08. The molecule has 1 amide bonds. The van der Waals surface area contributed by atoms with Gasteiger partial charge in [-0.05, 0) is 31.3 Å². The second-order valence-corrected chi connectivity index (χ2v) is 6.24. The van der Waals surface area contributed by atoms with Crippen LogP contribution in [0.3, 0.4) is 0 Å². The van der Waals surface area contributed by atoms with E-state index in [1.165, 1.54) is 6.33 Å². The second kappa shape index (κ2) is 6.00. The van der Waals surface area contributed by atoms with Crippen LogP contribution in [0.15, 0.2) is 42.7 Å². The predicted molar refractivity (Wildman–Crippen MR) is 91.9 cm³/mol. The highest BCUT2D eigenvalue weighted by Gasteiger charge is 2.25. The lowest BCUT2D eigenvalue weighted by Crippen LogP contribution is -2.57. The molecular formula is C18H16N6O. The minimum atomic E-state index is -0.113. The van der Waals surface area contributed by atoms with Crippen LogP contribution >= 0.6 is 0 Å². The number of hydrogen-bond donors (Lipinski definition) is 1. The Bertz CT molecular complexity index is 979. The van der Waals surface area contributed by atoms with Crippen molar-refractivity contribution >= 4 is 11.6 Å². The summed E-state index contributed by atoms with van der Waals surface area (Å²) in [6, 6.07) is 13.0. The molecule has 4 rings (SSSR count). The summed E-state index contributed by atoms with van der Waals surface area (Å²) in [6.45, 7) is 1.72. The Labute approximate surface area is 144 Å². The van der Waals surface area contributed by atoms with E-state index in [1.807, 2.05) is 19.2 Å². The molecule has 1 aromatic carbocycles. The fourth-order valence-electron chi connectivity index (χ4n) is 3.03. The van der Waals surface area contributed by atoms with Crippen molar-refractivity contribution in [3.05, 3.63) is 53.9 Å². The van der Waals surface area contributed by atoms with E-state index in [4.69, 9.17) is 5.26 Å². The maximum Gasteiger partial charge on any atom is 0.251 e. The van der Waals surface area contributed by atoms with Gasteiger partial charge in [-0.25, -0.2) is 9.50 Å². The summed E-state index contributed by atoms with van der Waals surface area (Å²) >= 11 is 0. The fourth-order valence-corrected chi connectivity index (χ4v) is 3.03. The largest absolute Gasteiger partial charge is 0.347 e. The number of nitrogens with one attached hydrogen (secondary N) is 1. The van der Waals surface area contributed by atoms with Gasteiger partial charge in [0.15, 0.2) is 5.65 Å². The van der Waals surface area contributed by atoms with E-state index in [2.05, 4.69) is 26.4 Å². The lowest BCUT2D eigenvalue weighted by Gasteiger charge is -2.36. The maximum atomic E-state index is 12.6. The molecule has 3 heterocycles. The van der Waals surface area contributed by atoms with E-state index in [0.29, 0.717) is 16.8 Å². The van der Waals surface area contributed by atoms with Gasteiger partial charge in [0.25, 0.3) is 5.91 Å². The molecule has 0 saturated carbocycles. The first-order valence-corrected chi connectivity index (χ1v) is 7.98. The number of hydrogen-bond acceptors (Lipinski definition) is 5. The first-order chi connectivity index (χ1) is 12.1. The van der Waals surface area contributed by atoms with Crippen molar-refractivity contribution in [2.45, 2.75) is 6.04 Å². The molecule has 0 atom stereocenters. The highest BCUT2D eigenvalue weighted by Crippen LogP contribution is 2.22. The molecule has 2 aromatic heterocycles. The summed E-state index contributed by atoms with van der Waals surface area (Å²) in [4.78, 5) is 18.9. The molecule has 3 aromatic rings. The zero-order valence-corrected chi connectivity index (χ0v) is 13.7. The van der Waals surface area contributed by atoms with Gasteiger partial charge in [0, 0.05) is 24.2 Å². The van der Waals surface area contributed by atoms with E-state index in [-0.39, 0.29) is 11.9 Å². The number of likely N-dealkylation sites (N-methyl/N-ethyl adjacent to an activating group) is 1. The molecule has 1 aliphatic rings. The van der Waals surface area contributed by atoms with E-state index in [9.17, 15) is 4.79 Å². The third-order valence-electron chi connectivity index (χ3n) is 4.35. The van der Waals surface area contributed by atoms with Crippen molar-refractivity contribution in [2.75, 3.05) is 20.1 Å². The molecule has 1 N–H and O–H groups in total. The fraction of sp³-hybridized carbons (Fsp3) is 0.222. The topological polar surface area (TPSA) is 86.3 Å². The molecule has 0 bridgehead atoms. The normalized spacial score (nSPS) is 14.9. The van der Waals surface area contributed by atoms with Crippen molar-refractivity contribution in [2.24, 2.45) is 0 Å². The number of nitrogens with zero attached hydrogens (tertiary/aromatic N) is 5. The third kappa shape index (κ3) is 2.84. The van der Waals surface area contributed by atoms with Crippen LogP contribution in [0.2, 0.25) is 0 Å². The minimum Gasteiger partial charge on any atom is -0.347 e. The molecule has 7 heteroatoms. The Kier molecular flexibility index (Phi) is 3.67. The number of carbonyl (C=O) groups excluding carboxylic acids is 1. The van der Waals surface area contributed by atoms with Crippen LogP contribution in [0.5, 0.6) is 0 Å².